The minimum Gasteiger partial charge on any atom is -0.481 e. The molecule has 0 aromatic heterocycles. The van der Waals surface area contributed by atoms with Crippen LogP contribution in [0.1, 0.15) is 6.92 Å². The molecule has 9 heavy (non-hydrogen) atoms. The van der Waals surface area contributed by atoms with E-state index >= 15 is 0 Å². The van der Waals surface area contributed by atoms with Crippen molar-refractivity contribution in [1.29, 1.82) is 0 Å². The highest BCUT2D eigenvalue weighted by Crippen LogP contribution is 2.54. The molecular weight excluding hydrogens is 130 g/mol. The number of halogens is 2. The summed E-state index contributed by atoms with van der Waals surface area (Å²) in [6.45, 7) is 1.23. The molecule has 2 nitrogen and oxygen atoms in total. The Hall–Kier alpha value is -0.670. The molecule has 1 aliphatic carbocycles. The van der Waals surface area contributed by atoms with E-state index in [9.17, 15) is 13.6 Å². The van der Waals surface area contributed by atoms with E-state index in [2.05, 4.69) is 0 Å². The number of alkyl halides is 2. The molecule has 0 heterocycles. The van der Waals surface area contributed by atoms with Gasteiger partial charge in [-0.05, 0) is 0 Å². The second-order valence-electron chi connectivity index (χ2n) is 2.28. The number of carboxylic acid groups (broad SMARTS) is 1. The maximum absolute atomic E-state index is 12.1. The Balaban J connectivity index is 2.62. The molecule has 0 saturated heterocycles. The highest BCUT2D eigenvalue weighted by atomic mass is 19.3. The number of carbonyl (C=O) groups is 1. The molecule has 0 aromatic carbocycles. The van der Waals surface area contributed by atoms with Crippen LogP contribution in [0.25, 0.3) is 0 Å². The van der Waals surface area contributed by atoms with E-state index in [4.69, 9.17) is 5.11 Å². The third kappa shape index (κ3) is 0.693. The van der Waals surface area contributed by atoms with Gasteiger partial charge in [-0.2, -0.15) is 0 Å². The molecule has 1 saturated carbocycles. The molecule has 1 fully saturated rings. The summed E-state index contributed by atoms with van der Waals surface area (Å²) in [6.07, 6.45) is 0. The SMILES string of the molecule is C[C@@H]1[C@@H](C(=O)O)C1(F)F. The van der Waals surface area contributed by atoms with Crippen LogP contribution in [0.5, 0.6) is 0 Å². The fraction of sp³-hybridized carbons (Fsp3) is 0.800. The molecule has 0 radical (unpaired) electrons. The Morgan fingerprint density at radius 1 is 1.67 bits per heavy atom. The monoisotopic (exact) mass is 136 g/mol. The van der Waals surface area contributed by atoms with E-state index in [1.54, 1.807) is 0 Å². The van der Waals surface area contributed by atoms with E-state index in [1.165, 1.54) is 6.92 Å². The summed E-state index contributed by atoms with van der Waals surface area (Å²) in [5.41, 5.74) is 0. The lowest BCUT2D eigenvalue weighted by molar-refractivity contribution is -0.140. The quantitative estimate of drug-likeness (QED) is 0.583. The number of aliphatic carboxylic acids is 1. The van der Waals surface area contributed by atoms with Crippen molar-refractivity contribution in [2.24, 2.45) is 11.8 Å². The highest BCUT2D eigenvalue weighted by Gasteiger charge is 2.69. The lowest BCUT2D eigenvalue weighted by Crippen LogP contribution is -2.04. The Labute approximate surface area is 50.5 Å². The van der Waals surface area contributed by atoms with Crippen molar-refractivity contribution in [3.8, 4) is 0 Å². The van der Waals surface area contributed by atoms with Gasteiger partial charge < -0.3 is 5.11 Å². The third-order valence-corrected chi connectivity index (χ3v) is 1.68. The summed E-state index contributed by atoms with van der Waals surface area (Å²) in [7, 11) is 0. The van der Waals surface area contributed by atoms with E-state index in [0.29, 0.717) is 0 Å². The van der Waals surface area contributed by atoms with Crippen molar-refractivity contribution in [2.45, 2.75) is 12.8 Å². The van der Waals surface area contributed by atoms with Gasteiger partial charge in [-0.3, -0.25) is 4.79 Å². The Morgan fingerprint density at radius 2 is 2.00 bits per heavy atom. The first kappa shape index (κ1) is 6.45. The summed E-state index contributed by atoms with van der Waals surface area (Å²) < 4.78 is 24.1. The fourth-order valence-corrected chi connectivity index (χ4v) is 0.858. The van der Waals surface area contributed by atoms with Crippen LogP contribution in [0.4, 0.5) is 8.78 Å². The second-order valence-corrected chi connectivity index (χ2v) is 2.28. The zero-order chi connectivity index (χ0) is 7.23. The predicted octanol–water partition coefficient (Wildman–Crippen LogP) is 0.972. The normalized spacial score (nSPS) is 38.1. The van der Waals surface area contributed by atoms with Crippen LogP contribution in [0.2, 0.25) is 0 Å². The van der Waals surface area contributed by atoms with Crippen LogP contribution in [0.15, 0.2) is 0 Å². The second kappa shape index (κ2) is 1.43. The lowest BCUT2D eigenvalue weighted by atomic mass is 10.3. The van der Waals surface area contributed by atoms with Gasteiger partial charge in [-0.1, -0.05) is 6.92 Å². The highest BCUT2D eigenvalue weighted by molar-refractivity contribution is 5.75. The van der Waals surface area contributed by atoms with E-state index < -0.39 is 23.7 Å². The van der Waals surface area contributed by atoms with Crippen LogP contribution in [0, 0.1) is 11.8 Å². The standard InChI is InChI=1S/C5H6F2O2/c1-2-3(4(8)9)5(2,6)7/h2-3H,1H3,(H,8,9)/t2-,3+/m1/s1. The molecule has 0 bridgehead atoms. The number of rotatable bonds is 1. The Morgan fingerprint density at radius 3 is 2.00 bits per heavy atom. The first-order valence-corrected chi connectivity index (χ1v) is 2.58. The van der Waals surface area contributed by atoms with Gasteiger partial charge in [0.25, 0.3) is 5.92 Å². The van der Waals surface area contributed by atoms with E-state index in [0.717, 1.165) is 0 Å². The van der Waals surface area contributed by atoms with Gasteiger partial charge in [-0.15, -0.1) is 0 Å². The molecule has 52 valence electrons. The van der Waals surface area contributed by atoms with Gasteiger partial charge in [0.1, 0.15) is 5.92 Å². The van der Waals surface area contributed by atoms with Crippen LogP contribution in [-0.2, 0) is 4.79 Å². The maximum atomic E-state index is 12.1. The largest absolute Gasteiger partial charge is 0.481 e. The van der Waals surface area contributed by atoms with Crippen LogP contribution in [0.3, 0.4) is 0 Å². The maximum Gasteiger partial charge on any atom is 0.313 e. The number of hydrogen-bond donors (Lipinski definition) is 1. The van der Waals surface area contributed by atoms with Gasteiger partial charge in [0.15, 0.2) is 0 Å². The topological polar surface area (TPSA) is 37.3 Å². The smallest absolute Gasteiger partial charge is 0.313 e. The van der Waals surface area contributed by atoms with Crippen LogP contribution in [-0.4, -0.2) is 17.0 Å². The van der Waals surface area contributed by atoms with Crippen molar-refractivity contribution >= 4 is 5.97 Å². The van der Waals surface area contributed by atoms with Gasteiger partial charge in [0.05, 0.1) is 0 Å². The fourth-order valence-electron chi connectivity index (χ4n) is 0.858. The number of carboxylic acids is 1. The van der Waals surface area contributed by atoms with Gasteiger partial charge in [0, 0.05) is 5.92 Å². The first-order chi connectivity index (χ1) is 3.98. The Bertz CT molecular complexity index is 155. The minimum absolute atomic E-state index is 0.977. The van der Waals surface area contributed by atoms with Gasteiger partial charge in [0.2, 0.25) is 0 Å². The molecule has 0 amide bonds. The lowest BCUT2D eigenvalue weighted by Gasteiger charge is -1.86. The summed E-state index contributed by atoms with van der Waals surface area (Å²) in [4.78, 5) is 9.91. The summed E-state index contributed by atoms with van der Waals surface area (Å²) in [5, 5.41) is 8.08. The zero-order valence-corrected chi connectivity index (χ0v) is 4.77. The van der Waals surface area contributed by atoms with E-state index in [1.807, 2.05) is 0 Å². The first-order valence-electron chi connectivity index (χ1n) is 2.58. The summed E-state index contributed by atoms with van der Waals surface area (Å²) in [5.74, 6) is -6.76. The summed E-state index contributed by atoms with van der Waals surface area (Å²) in [6, 6.07) is 0. The van der Waals surface area contributed by atoms with Crippen molar-refractivity contribution in [2.75, 3.05) is 0 Å². The molecule has 1 aliphatic rings. The predicted molar refractivity (Wildman–Crippen MR) is 25.2 cm³/mol. The summed E-state index contributed by atoms with van der Waals surface area (Å²) >= 11 is 0. The van der Waals surface area contributed by atoms with Crippen molar-refractivity contribution in [3.63, 3.8) is 0 Å². The molecular formula is C5H6F2O2. The molecule has 0 unspecified atom stereocenters. The minimum atomic E-state index is -2.95. The third-order valence-electron chi connectivity index (χ3n) is 1.68. The van der Waals surface area contributed by atoms with Gasteiger partial charge in [-0.25, -0.2) is 8.78 Å². The van der Waals surface area contributed by atoms with E-state index in [-0.39, 0.29) is 0 Å². The van der Waals surface area contributed by atoms with Gasteiger partial charge >= 0.3 is 5.97 Å². The average molecular weight is 136 g/mol. The van der Waals surface area contributed by atoms with Crippen molar-refractivity contribution in [3.05, 3.63) is 0 Å². The van der Waals surface area contributed by atoms with Crippen LogP contribution >= 0.6 is 0 Å². The molecule has 0 aromatic rings. The van der Waals surface area contributed by atoms with Crippen molar-refractivity contribution < 1.29 is 18.7 Å². The molecule has 1 rings (SSSR count). The molecule has 4 heteroatoms. The zero-order valence-electron chi connectivity index (χ0n) is 4.77. The number of hydrogen-bond acceptors (Lipinski definition) is 1. The Kier molecular flexibility index (Phi) is 1.03. The van der Waals surface area contributed by atoms with Crippen LogP contribution < -0.4 is 0 Å². The molecule has 2 atom stereocenters. The average Bonchev–Trinajstić information content (AvgIpc) is 2.07. The molecule has 0 aliphatic heterocycles. The van der Waals surface area contributed by atoms with Crippen molar-refractivity contribution in [1.82, 2.24) is 0 Å². The molecule has 0 spiro atoms. The molecule has 1 N–H and O–H groups in total.